The van der Waals surface area contributed by atoms with Crippen LogP contribution in [0.25, 0.3) is 0 Å². The number of hydrogen-bond donors (Lipinski definition) is 2. The van der Waals surface area contributed by atoms with E-state index >= 15 is 0 Å². The molecule has 4 heteroatoms. The van der Waals surface area contributed by atoms with Crippen molar-refractivity contribution in [2.75, 3.05) is 20.6 Å². The Hall–Kier alpha value is -0.220. The zero-order valence-electron chi connectivity index (χ0n) is 5.72. The largest absolute Gasteiger partial charge is 0.349 e. The molecular weight excluding hydrogens is 136 g/mol. The number of nitrogens with one attached hydrogen (secondary N) is 1. The SMILES string of the molecule is CN(C)C(=O)CCNS. The second-order valence-corrected chi connectivity index (χ2v) is 2.26. The Morgan fingerprint density at radius 3 is 2.56 bits per heavy atom. The minimum Gasteiger partial charge on any atom is -0.349 e. The van der Waals surface area contributed by atoms with Gasteiger partial charge in [-0.3, -0.25) is 9.52 Å². The summed E-state index contributed by atoms with van der Waals surface area (Å²) >= 11 is 3.74. The molecule has 0 saturated carbocycles. The lowest BCUT2D eigenvalue weighted by atomic mass is 10.4. The molecule has 3 nitrogen and oxygen atoms in total. The number of carbonyl (C=O) groups is 1. The fourth-order valence-electron chi connectivity index (χ4n) is 0.386. The molecule has 0 fully saturated rings. The van der Waals surface area contributed by atoms with E-state index in [1.165, 1.54) is 0 Å². The van der Waals surface area contributed by atoms with Gasteiger partial charge in [0.25, 0.3) is 0 Å². The third-order valence-corrected chi connectivity index (χ3v) is 1.17. The van der Waals surface area contributed by atoms with Gasteiger partial charge in [0, 0.05) is 27.1 Å². The summed E-state index contributed by atoms with van der Waals surface area (Å²) in [5, 5.41) is 0. The van der Waals surface area contributed by atoms with Crippen molar-refractivity contribution in [2.45, 2.75) is 6.42 Å². The third kappa shape index (κ3) is 4.29. The quantitative estimate of drug-likeness (QED) is 0.548. The summed E-state index contributed by atoms with van der Waals surface area (Å²) in [7, 11) is 3.47. The third-order valence-electron chi connectivity index (χ3n) is 0.949. The van der Waals surface area contributed by atoms with Crippen molar-refractivity contribution >= 4 is 18.7 Å². The molecule has 0 aliphatic heterocycles. The standard InChI is InChI=1S/C5H12N2OS/c1-7(2)5(8)3-4-6-9/h6,9H,3-4H2,1-2H3. The summed E-state index contributed by atoms with van der Waals surface area (Å²) in [6.07, 6.45) is 0.510. The molecule has 0 unspecified atom stereocenters. The maximum absolute atomic E-state index is 10.8. The lowest BCUT2D eigenvalue weighted by molar-refractivity contribution is -0.128. The monoisotopic (exact) mass is 148 g/mol. The molecule has 54 valence electrons. The zero-order chi connectivity index (χ0) is 7.28. The molecular formula is C5H12N2OS. The van der Waals surface area contributed by atoms with Crippen molar-refractivity contribution in [3.05, 3.63) is 0 Å². The van der Waals surface area contributed by atoms with Gasteiger partial charge < -0.3 is 4.90 Å². The average molecular weight is 148 g/mol. The number of thiol groups is 1. The summed E-state index contributed by atoms with van der Waals surface area (Å²) < 4.78 is 2.60. The summed E-state index contributed by atoms with van der Waals surface area (Å²) in [6, 6.07) is 0. The Morgan fingerprint density at radius 2 is 2.22 bits per heavy atom. The summed E-state index contributed by atoms with van der Waals surface area (Å²) in [5.74, 6) is 0.122. The number of carbonyl (C=O) groups excluding carboxylic acids is 1. The molecule has 0 saturated heterocycles. The van der Waals surface area contributed by atoms with Crippen LogP contribution in [0.5, 0.6) is 0 Å². The van der Waals surface area contributed by atoms with Crippen molar-refractivity contribution in [1.29, 1.82) is 0 Å². The van der Waals surface area contributed by atoms with Crippen LogP contribution < -0.4 is 4.72 Å². The van der Waals surface area contributed by atoms with E-state index in [9.17, 15) is 4.79 Å². The molecule has 0 bridgehead atoms. The first kappa shape index (κ1) is 8.78. The van der Waals surface area contributed by atoms with Gasteiger partial charge in [0.05, 0.1) is 0 Å². The zero-order valence-corrected chi connectivity index (χ0v) is 6.61. The van der Waals surface area contributed by atoms with E-state index in [0.29, 0.717) is 13.0 Å². The first-order valence-electron chi connectivity index (χ1n) is 2.75. The minimum atomic E-state index is 0.122. The van der Waals surface area contributed by atoms with Gasteiger partial charge in [-0.1, -0.05) is 12.8 Å². The lowest BCUT2D eigenvalue weighted by Gasteiger charge is -2.08. The Labute approximate surface area is 61.0 Å². The maximum atomic E-state index is 10.8. The van der Waals surface area contributed by atoms with Gasteiger partial charge in [-0.25, -0.2) is 0 Å². The van der Waals surface area contributed by atoms with Gasteiger partial charge in [0.15, 0.2) is 0 Å². The van der Waals surface area contributed by atoms with E-state index < -0.39 is 0 Å². The maximum Gasteiger partial charge on any atom is 0.223 e. The topological polar surface area (TPSA) is 32.3 Å². The van der Waals surface area contributed by atoms with Gasteiger partial charge in [0.1, 0.15) is 0 Å². The predicted molar refractivity (Wildman–Crippen MR) is 40.3 cm³/mol. The van der Waals surface area contributed by atoms with Crippen LogP contribution >= 0.6 is 12.8 Å². The van der Waals surface area contributed by atoms with E-state index in [4.69, 9.17) is 0 Å². The molecule has 1 amide bonds. The highest BCUT2D eigenvalue weighted by Gasteiger charge is 2.00. The van der Waals surface area contributed by atoms with E-state index in [2.05, 4.69) is 17.5 Å². The molecule has 1 N–H and O–H groups in total. The molecule has 0 atom stereocenters. The number of rotatable bonds is 3. The molecule has 0 aromatic rings. The first-order valence-corrected chi connectivity index (χ1v) is 3.20. The first-order chi connectivity index (χ1) is 4.18. The fourth-order valence-corrected chi connectivity index (χ4v) is 0.498. The molecule has 0 rings (SSSR count). The second-order valence-electron chi connectivity index (χ2n) is 1.95. The molecule has 0 aromatic heterocycles. The highest BCUT2D eigenvalue weighted by molar-refractivity contribution is 7.78. The van der Waals surface area contributed by atoms with Gasteiger partial charge in [0.2, 0.25) is 5.91 Å². The van der Waals surface area contributed by atoms with Crippen LogP contribution in [0.2, 0.25) is 0 Å². The molecule has 0 aliphatic carbocycles. The highest BCUT2D eigenvalue weighted by Crippen LogP contribution is 1.84. The summed E-state index contributed by atoms with van der Waals surface area (Å²) in [5.41, 5.74) is 0. The van der Waals surface area contributed by atoms with E-state index in [1.54, 1.807) is 19.0 Å². The van der Waals surface area contributed by atoms with Crippen molar-refractivity contribution in [1.82, 2.24) is 9.62 Å². The second kappa shape index (κ2) is 4.64. The van der Waals surface area contributed by atoms with Crippen molar-refractivity contribution in [3.8, 4) is 0 Å². The Bertz CT molecular complexity index is 95.0. The number of nitrogens with zero attached hydrogens (tertiary/aromatic N) is 1. The van der Waals surface area contributed by atoms with Crippen LogP contribution in [0, 0.1) is 0 Å². The average Bonchev–Trinajstić information content (AvgIpc) is 1.82. The Balaban J connectivity index is 3.28. The van der Waals surface area contributed by atoms with Crippen molar-refractivity contribution in [2.24, 2.45) is 0 Å². The highest BCUT2D eigenvalue weighted by atomic mass is 32.1. The summed E-state index contributed by atoms with van der Waals surface area (Å²) in [4.78, 5) is 12.3. The van der Waals surface area contributed by atoms with Crippen LogP contribution in [0.4, 0.5) is 0 Å². The minimum absolute atomic E-state index is 0.122. The van der Waals surface area contributed by atoms with E-state index in [1.807, 2.05) is 0 Å². The van der Waals surface area contributed by atoms with E-state index in [-0.39, 0.29) is 5.91 Å². The number of amides is 1. The molecule has 0 aromatic carbocycles. The smallest absolute Gasteiger partial charge is 0.223 e. The van der Waals surface area contributed by atoms with Crippen LogP contribution in [-0.4, -0.2) is 31.4 Å². The molecule has 0 spiro atoms. The molecule has 0 radical (unpaired) electrons. The van der Waals surface area contributed by atoms with Gasteiger partial charge in [-0.05, 0) is 0 Å². The lowest BCUT2D eigenvalue weighted by Crippen LogP contribution is -2.24. The summed E-state index contributed by atoms with van der Waals surface area (Å²) in [6.45, 7) is 0.625. The van der Waals surface area contributed by atoms with E-state index in [0.717, 1.165) is 0 Å². The molecule has 0 heterocycles. The fraction of sp³-hybridized carbons (Fsp3) is 0.800. The number of hydrogen-bond acceptors (Lipinski definition) is 3. The van der Waals surface area contributed by atoms with Crippen molar-refractivity contribution < 1.29 is 4.79 Å². The van der Waals surface area contributed by atoms with Gasteiger partial charge >= 0.3 is 0 Å². The molecule has 0 aliphatic rings. The van der Waals surface area contributed by atoms with Gasteiger partial charge in [-0.15, -0.1) is 0 Å². The predicted octanol–water partition coefficient (Wildman–Crippen LogP) is -0.101. The van der Waals surface area contributed by atoms with Crippen LogP contribution in [0.3, 0.4) is 0 Å². The Kier molecular flexibility index (Phi) is 4.53. The Morgan fingerprint density at radius 1 is 1.67 bits per heavy atom. The van der Waals surface area contributed by atoms with Crippen LogP contribution in [0.15, 0.2) is 0 Å². The van der Waals surface area contributed by atoms with Crippen LogP contribution in [0.1, 0.15) is 6.42 Å². The molecule has 9 heavy (non-hydrogen) atoms. The van der Waals surface area contributed by atoms with Crippen LogP contribution in [-0.2, 0) is 4.79 Å². The normalized spacial score (nSPS) is 9.22. The van der Waals surface area contributed by atoms with Gasteiger partial charge in [-0.2, -0.15) is 0 Å². The van der Waals surface area contributed by atoms with Crippen molar-refractivity contribution in [3.63, 3.8) is 0 Å².